The normalized spacial score (nSPS) is 11.4. The van der Waals surface area contributed by atoms with E-state index >= 15 is 0 Å². The Labute approximate surface area is 161 Å². The third-order valence-electron chi connectivity index (χ3n) is 3.86. The Morgan fingerprint density at radius 1 is 1.12 bits per heavy atom. The zero-order valence-corrected chi connectivity index (χ0v) is 16.4. The second kappa shape index (κ2) is 7.27. The van der Waals surface area contributed by atoms with Crippen molar-refractivity contribution in [2.75, 3.05) is 5.75 Å². The minimum atomic E-state index is 0.181. The number of benzene rings is 2. The minimum absolute atomic E-state index is 0.181. The molecule has 4 rings (SSSR count). The van der Waals surface area contributed by atoms with Gasteiger partial charge in [-0.2, -0.15) is 0 Å². The van der Waals surface area contributed by atoms with Crippen LogP contribution in [0, 0.1) is 0 Å². The van der Waals surface area contributed by atoms with Crippen molar-refractivity contribution >= 4 is 60.0 Å². The number of aromatic nitrogens is 3. The summed E-state index contributed by atoms with van der Waals surface area (Å²) in [4.78, 5) is 13.1. The van der Waals surface area contributed by atoms with Gasteiger partial charge < -0.3 is 0 Å². The van der Waals surface area contributed by atoms with E-state index in [9.17, 15) is 4.79 Å². The van der Waals surface area contributed by atoms with Crippen molar-refractivity contribution in [3.8, 4) is 0 Å². The zero-order chi connectivity index (χ0) is 17.2. The van der Waals surface area contributed by atoms with Crippen LogP contribution >= 0.6 is 39.0 Å². The van der Waals surface area contributed by atoms with Crippen molar-refractivity contribution in [2.45, 2.75) is 18.0 Å². The number of carbonyl (C=O) groups excluding carboxylic acids is 1. The Bertz CT molecular complexity index is 1040. The van der Waals surface area contributed by atoms with Gasteiger partial charge in [0.2, 0.25) is 4.96 Å². The number of Topliss-reactive ketones (excluding diaryl/α,β-unsaturated/α-hetero) is 1. The zero-order valence-electron chi connectivity index (χ0n) is 13.2. The Balaban J connectivity index is 1.39. The predicted molar refractivity (Wildman–Crippen MR) is 107 cm³/mol. The smallest absolute Gasteiger partial charge is 0.217 e. The fourth-order valence-electron chi connectivity index (χ4n) is 2.63. The van der Waals surface area contributed by atoms with E-state index in [0.29, 0.717) is 6.42 Å². The summed E-state index contributed by atoms with van der Waals surface area (Å²) in [5, 5.41) is 9.44. The van der Waals surface area contributed by atoms with E-state index in [-0.39, 0.29) is 5.78 Å². The maximum absolute atomic E-state index is 12.2. The summed E-state index contributed by atoms with van der Waals surface area (Å²) >= 11 is 6.68. The van der Waals surface area contributed by atoms with Crippen LogP contribution in [0.15, 0.2) is 58.2 Å². The molecule has 0 aliphatic rings. The first-order valence-electron chi connectivity index (χ1n) is 7.86. The molecule has 7 heteroatoms. The molecular weight excluding hydrogens is 418 g/mol. The summed E-state index contributed by atoms with van der Waals surface area (Å²) in [6.45, 7) is 0. The Kier molecular flexibility index (Phi) is 4.87. The van der Waals surface area contributed by atoms with Gasteiger partial charge in [-0.15, -0.1) is 10.2 Å². The quantitative estimate of drug-likeness (QED) is 0.231. The van der Waals surface area contributed by atoms with Gasteiger partial charge in [-0.25, -0.2) is 0 Å². The minimum Gasteiger partial charge on any atom is -0.294 e. The molecule has 4 nitrogen and oxygen atoms in total. The molecule has 0 spiro atoms. The number of para-hydroxylation sites is 1. The number of halogens is 1. The van der Waals surface area contributed by atoms with Crippen LogP contribution in [0.4, 0.5) is 0 Å². The first kappa shape index (κ1) is 16.8. The van der Waals surface area contributed by atoms with Crippen LogP contribution in [0.3, 0.4) is 0 Å². The third kappa shape index (κ3) is 3.49. The van der Waals surface area contributed by atoms with Crippen LogP contribution < -0.4 is 0 Å². The largest absolute Gasteiger partial charge is 0.294 e. The SMILES string of the molecule is O=C(CCCSc1nnc2sc3ccccc3n12)c1ccc(Br)cc1. The molecule has 0 radical (unpaired) electrons. The molecule has 2 aromatic heterocycles. The molecule has 4 aromatic rings. The molecule has 2 heterocycles. The average Bonchev–Trinajstić information content (AvgIpc) is 3.18. The lowest BCUT2D eigenvalue weighted by Gasteiger charge is -2.02. The molecule has 0 saturated heterocycles. The predicted octanol–water partition coefficient (Wildman–Crippen LogP) is 5.46. The molecule has 0 saturated carbocycles. The van der Waals surface area contributed by atoms with Crippen molar-refractivity contribution in [1.29, 1.82) is 0 Å². The molecule has 0 N–H and O–H groups in total. The second-order valence-electron chi connectivity index (χ2n) is 5.55. The van der Waals surface area contributed by atoms with E-state index in [1.807, 2.05) is 36.4 Å². The number of hydrogen-bond donors (Lipinski definition) is 0. The number of ketones is 1. The fourth-order valence-corrected chi connectivity index (χ4v) is 4.80. The van der Waals surface area contributed by atoms with Gasteiger partial charge in [0, 0.05) is 22.2 Å². The summed E-state index contributed by atoms with van der Waals surface area (Å²) in [7, 11) is 0. The average molecular weight is 432 g/mol. The molecule has 0 atom stereocenters. The number of carbonyl (C=O) groups is 1. The highest BCUT2D eigenvalue weighted by Gasteiger charge is 2.12. The molecule has 0 fully saturated rings. The van der Waals surface area contributed by atoms with Crippen molar-refractivity contribution < 1.29 is 4.79 Å². The van der Waals surface area contributed by atoms with Crippen LogP contribution in [0.2, 0.25) is 0 Å². The Hall–Kier alpha value is -1.70. The van der Waals surface area contributed by atoms with Crippen LogP contribution in [-0.2, 0) is 0 Å². The molecule has 2 aromatic carbocycles. The second-order valence-corrected chi connectivity index (χ2v) is 8.54. The van der Waals surface area contributed by atoms with Gasteiger partial charge in [0.1, 0.15) is 0 Å². The Morgan fingerprint density at radius 2 is 1.92 bits per heavy atom. The number of rotatable bonds is 6. The van der Waals surface area contributed by atoms with Crippen LogP contribution in [0.1, 0.15) is 23.2 Å². The molecule has 0 unspecified atom stereocenters. The summed E-state index contributed by atoms with van der Waals surface area (Å²) in [6, 6.07) is 15.8. The van der Waals surface area contributed by atoms with E-state index < -0.39 is 0 Å². The lowest BCUT2D eigenvalue weighted by molar-refractivity contribution is 0.0982. The summed E-state index contributed by atoms with van der Waals surface area (Å²) in [5.74, 6) is 1.02. The summed E-state index contributed by atoms with van der Waals surface area (Å²) < 4.78 is 4.29. The topological polar surface area (TPSA) is 47.3 Å². The first-order chi connectivity index (χ1) is 12.2. The van der Waals surface area contributed by atoms with Crippen LogP contribution in [-0.4, -0.2) is 26.1 Å². The fraction of sp³-hybridized carbons (Fsp3) is 0.167. The molecule has 25 heavy (non-hydrogen) atoms. The van der Waals surface area contributed by atoms with E-state index in [1.165, 1.54) is 4.70 Å². The van der Waals surface area contributed by atoms with Gasteiger partial charge in [0.05, 0.1) is 10.2 Å². The van der Waals surface area contributed by atoms with Gasteiger partial charge in [0.15, 0.2) is 10.9 Å². The van der Waals surface area contributed by atoms with Gasteiger partial charge >= 0.3 is 0 Å². The highest BCUT2D eigenvalue weighted by Crippen LogP contribution is 2.29. The van der Waals surface area contributed by atoms with Crippen molar-refractivity contribution in [1.82, 2.24) is 14.6 Å². The van der Waals surface area contributed by atoms with Crippen molar-refractivity contribution in [2.24, 2.45) is 0 Å². The van der Waals surface area contributed by atoms with Gasteiger partial charge in [-0.1, -0.05) is 63.3 Å². The third-order valence-corrected chi connectivity index (χ3v) is 6.41. The summed E-state index contributed by atoms with van der Waals surface area (Å²) in [5.41, 5.74) is 1.91. The lowest BCUT2D eigenvalue weighted by Crippen LogP contribution is -1.99. The van der Waals surface area contributed by atoms with Gasteiger partial charge in [-0.05, 0) is 30.7 Å². The lowest BCUT2D eigenvalue weighted by atomic mass is 10.1. The number of thiazole rings is 1. The summed E-state index contributed by atoms with van der Waals surface area (Å²) in [6.07, 6.45) is 1.36. The maximum atomic E-state index is 12.2. The first-order valence-corrected chi connectivity index (χ1v) is 10.5. The molecule has 0 amide bonds. The highest BCUT2D eigenvalue weighted by atomic mass is 79.9. The number of hydrogen-bond acceptors (Lipinski definition) is 5. The van der Waals surface area contributed by atoms with E-state index in [4.69, 9.17) is 0 Å². The van der Waals surface area contributed by atoms with E-state index in [1.54, 1.807) is 23.1 Å². The van der Waals surface area contributed by atoms with Crippen LogP contribution in [0.25, 0.3) is 15.2 Å². The molecular formula is C18H14BrN3OS2. The number of thioether (sulfide) groups is 1. The van der Waals surface area contributed by atoms with Gasteiger partial charge in [-0.3, -0.25) is 9.20 Å². The van der Waals surface area contributed by atoms with E-state index in [2.05, 4.69) is 42.7 Å². The standard InChI is InChI=1S/C18H14BrN3OS2/c19-13-9-7-12(8-10-13)15(23)5-3-11-24-17-20-21-18-22(17)14-4-1-2-6-16(14)25-18/h1-2,4,6-10H,3,5,11H2. The Morgan fingerprint density at radius 3 is 2.76 bits per heavy atom. The van der Waals surface area contributed by atoms with E-state index in [0.717, 1.165) is 37.8 Å². The monoisotopic (exact) mass is 431 g/mol. The molecule has 126 valence electrons. The van der Waals surface area contributed by atoms with Crippen molar-refractivity contribution in [3.63, 3.8) is 0 Å². The highest BCUT2D eigenvalue weighted by molar-refractivity contribution is 9.10. The van der Waals surface area contributed by atoms with Crippen molar-refractivity contribution in [3.05, 3.63) is 58.6 Å². The molecule has 0 aliphatic heterocycles. The number of fused-ring (bicyclic) bond motifs is 3. The maximum Gasteiger partial charge on any atom is 0.217 e. The van der Waals surface area contributed by atoms with Crippen LogP contribution in [0.5, 0.6) is 0 Å². The van der Waals surface area contributed by atoms with Gasteiger partial charge in [0.25, 0.3) is 0 Å². The molecule has 0 bridgehead atoms. The number of nitrogens with zero attached hydrogens (tertiary/aromatic N) is 3. The molecule has 0 aliphatic carbocycles.